The van der Waals surface area contributed by atoms with Crippen LogP contribution in [0.1, 0.15) is 11.6 Å². The molecule has 2 aromatic rings. The lowest BCUT2D eigenvalue weighted by molar-refractivity contribution is 0.249. The molecular formula is C17H20N2O2S2. The average Bonchev–Trinajstić information content (AvgIpc) is 2.55. The summed E-state index contributed by atoms with van der Waals surface area (Å²) in [5.74, 6) is 0.788. The van der Waals surface area contributed by atoms with Gasteiger partial charge in [-0.25, -0.2) is 4.79 Å². The van der Waals surface area contributed by atoms with Crippen molar-refractivity contribution >= 4 is 34.3 Å². The molecule has 2 amide bonds. The van der Waals surface area contributed by atoms with Gasteiger partial charge in [0.2, 0.25) is 0 Å². The Hall–Kier alpha value is -1.79. The molecule has 2 rings (SSSR count). The molecule has 0 aromatic heterocycles. The van der Waals surface area contributed by atoms with Crippen LogP contribution in [0.2, 0.25) is 0 Å². The smallest absolute Gasteiger partial charge is 0.319 e. The molecular weight excluding hydrogens is 328 g/mol. The summed E-state index contributed by atoms with van der Waals surface area (Å²) in [7, 11) is -1.07. The molecule has 0 spiro atoms. The van der Waals surface area contributed by atoms with Crippen molar-refractivity contribution in [3.05, 3.63) is 60.2 Å². The van der Waals surface area contributed by atoms with Gasteiger partial charge in [0.15, 0.2) is 0 Å². The molecule has 0 saturated carbocycles. The van der Waals surface area contributed by atoms with E-state index in [9.17, 15) is 9.00 Å². The highest BCUT2D eigenvalue weighted by atomic mass is 32.2. The zero-order valence-electron chi connectivity index (χ0n) is 13.1. The summed E-state index contributed by atoms with van der Waals surface area (Å²) in [6, 6.07) is 16.6. The number of carbonyl (C=O) groups is 1. The van der Waals surface area contributed by atoms with E-state index in [0.29, 0.717) is 10.6 Å². The second-order valence-corrected chi connectivity index (χ2v) is 7.29. The number of urea groups is 1. The van der Waals surface area contributed by atoms with Crippen molar-refractivity contribution in [3.63, 3.8) is 0 Å². The van der Waals surface area contributed by atoms with E-state index >= 15 is 0 Å². The molecule has 6 heteroatoms. The van der Waals surface area contributed by atoms with E-state index in [1.807, 2.05) is 36.6 Å². The lowest BCUT2D eigenvalue weighted by atomic mass is 10.1. The summed E-state index contributed by atoms with van der Waals surface area (Å²) in [4.78, 5) is 12.9. The molecule has 0 aliphatic rings. The number of benzene rings is 2. The van der Waals surface area contributed by atoms with Crippen molar-refractivity contribution in [2.75, 3.05) is 23.6 Å². The minimum Gasteiger partial charge on any atom is -0.330 e. The Balaban J connectivity index is 2.05. The van der Waals surface area contributed by atoms with Crippen molar-refractivity contribution in [1.82, 2.24) is 5.32 Å². The molecule has 2 atom stereocenters. The number of anilines is 1. The van der Waals surface area contributed by atoms with Gasteiger partial charge in [0.1, 0.15) is 0 Å². The largest absolute Gasteiger partial charge is 0.330 e. The monoisotopic (exact) mass is 348 g/mol. The average molecular weight is 348 g/mol. The molecule has 0 aliphatic heterocycles. The molecule has 2 N–H and O–H groups in total. The van der Waals surface area contributed by atoms with Crippen LogP contribution in [0.3, 0.4) is 0 Å². The van der Waals surface area contributed by atoms with Crippen LogP contribution >= 0.6 is 11.8 Å². The Kier molecular flexibility index (Phi) is 6.67. The van der Waals surface area contributed by atoms with E-state index in [1.165, 1.54) is 0 Å². The van der Waals surface area contributed by atoms with Crippen LogP contribution in [0.4, 0.5) is 10.5 Å². The molecule has 23 heavy (non-hydrogen) atoms. The van der Waals surface area contributed by atoms with Crippen LogP contribution < -0.4 is 10.6 Å². The predicted octanol–water partition coefficient (Wildman–Crippen LogP) is 3.65. The molecule has 0 unspecified atom stereocenters. The summed E-state index contributed by atoms with van der Waals surface area (Å²) < 4.78 is 11.5. The summed E-state index contributed by atoms with van der Waals surface area (Å²) in [5.41, 5.74) is 1.70. The van der Waals surface area contributed by atoms with E-state index < -0.39 is 10.8 Å². The number of hydrogen-bond acceptors (Lipinski definition) is 3. The van der Waals surface area contributed by atoms with Crippen molar-refractivity contribution in [2.45, 2.75) is 10.9 Å². The third-order valence-electron chi connectivity index (χ3n) is 3.26. The van der Waals surface area contributed by atoms with Crippen LogP contribution in [0.15, 0.2) is 59.5 Å². The number of rotatable bonds is 6. The Bertz CT molecular complexity index is 677. The van der Waals surface area contributed by atoms with E-state index in [1.54, 1.807) is 42.3 Å². The van der Waals surface area contributed by atoms with Gasteiger partial charge >= 0.3 is 6.03 Å². The van der Waals surface area contributed by atoms with Crippen molar-refractivity contribution in [1.29, 1.82) is 0 Å². The number of thioether (sulfide) groups is 1. The summed E-state index contributed by atoms with van der Waals surface area (Å²) in [5, 5.41) is 5.79. The van der Waals surface area contributed by atoms with Crippen molar-refractivity contribution < 1.29 is 9.00 Å². The minimum absolute atomic E-state index is 0.0605. The first-order chi connectivity index (χ1) is 11.1. The van der Waals surface area contributed by atoms with Gasteiger partial charge in [-0.05, 0) is 30.0 Å². The van der Waals surface area contributed by atoms with Gasteiger partial charge in [-0.2, -0.15) is 11.8 Å². The van der Waals surface area contributed by atoms with Gasteiger partial charge in [0.25, 0.3) is 0 Å². The number of amides is 2. The van der Waals surface area contributed by atoms with Crippen LogP contribution in [-0.4, -0.2) is 28.5 Å². The number of nitrogens with one attached hydrogen (secondary N) is 2. The fraction of sp³-hybridized carbons (Fsp3) is 0.235. The molecule has 0 radical (unpaired) electrons. The van der Waals surface area contributed by atoms with Gasteiger partial charge in [-0.15, -0.1) is 0 Å². The molecule has 0 aliphatic carbocycles. The lowest BCUT2D eigenvalue weighted by Crippen LogP contribution is -2.33. The maximum absolute atomic E-state index is 12.2. The van der Waals surface area contributed by atoms with Crippen LogP contribution in [0.5, 0.6) is 0 Å². The molecule has 2 aromatic carbocycles. The predicted molar refractivity (Wildman–Crippen MR) is 98.5 cm³/mol. The Labute approximate surface area is 143 Å². The Morgan fingerprint density at radius 1 is 1.17 bits per heavy atom. The number of carbonyl (C=O) groups excluding carboxylic acids is 1. The van der Waals surface area contributed by atoms with Gasteiger partial charge < -0.3 is 10.6 Å². The zero-order chi connectivity index (χ0) is 16.7. The number of hydrogen-bond donors (Lipinski definition) is 2. The molecule has 122 valence electrons. The van der Waals surface area contributed by atoms with E-state index in [4.69, 9.17) is 0 Å². The summed E-state index contributed by atoms with van der Waals surface area (Å²) in [6.45, 7) is 0. The van der Waals surface area contributed by atoms with Crippen LogP contribution in [0, 0.1) is 0 Å². The molecule has 0 heterocycles. The maximum atomic E-state index is 12.2. The van der Waals surface area contributed by atoms with Crippen molar-refractivity contribution in [2.24, 2.45) is 0 Å². The molecule has 0 bridgehead atoms. The molecule has 0 fully saturated rings. The second kappa shape index (κ2) is 8.74. The van der Waals surface area contributed by atoms with Crippen molar-refractivity contribution in [3.8, 4) is 0 Å². The van der Waals surface area contributed by atoms with E-state index in [2.05, 4.69) is 10.6 Å². The second-order valence-electron chi connectivity index (χ2n) is 5.00. The topological polar surface area (TPSA) is 58.2 Å². The third kappa shape index (κ3) is 5.41. The van der Waals surface area contributed by atoms with Crippen LogP contribution in [-0.2, 0) is 10.8 Å². The standard InChI is InChI=1S/C17H20N2O2S2/c1-22-12-16(13-7-4-3-5-8-13)19-17(20)18-14-9-6-10-15(11-14)23(2)21/h3-11,16H,12H2,1-2H3,(H2,18,19,20)/t16-,23-/m1/s1. The SMILES string of the molecule is CSC[C@@H](NC(=O)Nc1cccc([S@@](C)=O)c1)c1ccccc1. The normalized spacial score (nSPS) is 13.1. The molecule has 0 saturated heterocycles. The van der Waals surface area contributed by atoms with Gasteiger partial charge in [-0.3, -0.25) is 4.21 Å². The zero-order valence-corrected chi connectivity index (χ0v) is 14.7. The first kappa shape index (κ1) is 17.6. The Morgan fingerprint density at radius 2 is 1.91 bits per heavy atom. The minimum atomic E-state index is -1.07. The summed E-state index contributed by atoms with van der Waals surface area (Å²) >= 11 is 1.68. The quantitative estimate of drug-likeness (QED) is 0.838. The van der Waals surface area contributed by atoms with E-state index in [0.717, 1.165) is 11.3 Å². The lowest BCUT2D eigenvalue weighted by Gasteiger charge is -2.19. The maximum Gasteiger partial charge on any atom is 0.319 e. The fourth-order valence-electron chi connectivity index (χ4n) is 2.15. The van der Waals surface area contributed by atoms with Gasteiger partial charge in [-0.1, -0.05) is 36.4 Å². The third-order valence-corrected chi connectivity index (χ3v) is 4.85. The first-order valence-corrected chi connectivity index (χ1v) is 10.1. The van der Waals surface area contributed by atoms with E-state index in [-0.39, 0.29) is 12.1 Å². The fourth-order valence-corrected chi connectivity index (χ4v) is 3.32. The van der Waals surface area contributed by atoms with Crippen LogP contribution in [0.25, 0.3) is 0 Å². The summed E-state index contributed by atoms with van der Waals surface area (Å²) in [6.07, 6.45) is 3.62. The highest BCUT2D eigenvalue weighted by Crippen LogP contribution is 2.18. The van der Waals surface area contributed by atoms with Gasteiger partial charge in [0, 0.05) is 33.4 Å². The Morgan fingerprint density at radius 3 is 2.57 bits per heavy atom. The first-order valence-electron chi connectivity index (χ1n) is 7.15. The van der Waals surface area contributed by atoms with Gasteiger partial charge in [0.05, 0.1) is 6.04 Å². The highest BCUT2D eigenvalue weighted by Gasteiger charge is 2.14. The highest BCUT2D eigenvalue weighted by molar-refractivity contribution is 7.98. The molecule has 4 nitrogen and oxygen atoms in total.